The topological polar surface area (TPSA) is 25.2 Å². The Balaban J connectivity index is 2.43. The number of nitrogens with one attached hydrogen (secondary N) is 1. The van der Waals surface area contributed by atoms with Crippen molar-refractivity contribution in [2.75, 3.05) is 6.54 Å². The summed E-state index contributed by atoms with van der Waals surface area (Å²) in [4.78, 5) is 0. The van der Waals surface area contributed by atoms with Crippen LogP contribution in [0.25, 0.3) is 0 Å². The van der Waals surface area contributed by atoms with Gasteiger partial charge in [-0.05, 0) is 54.4 Å². The van der Waals surface area contributed by atoms with E-state index in [1.54, 1.807) is 12.1 Å². The number of rotatable bonds is 5. The van der Waals surface area contributed by atoms with Crippen molar-refractivity contribution in [3.8, 4) is 0 Å². The van der Waals surface area contributed by atoms with Crippen LogP contribution in [0.2, 0.25) is 10.2 Å². The van der Waals surface area contributed by atoms with Crippen LogP contribution in [0.15, 0.2) is 28.7 Å². The van der Waals surface area contributed by atoms with E-state index in [9.17, 15) is 8.78 Å². The van der Waals surface area contributed by atoms with Gasteiger partial charge in [-0.2, -0.15) is 0 Å². The van der Waals surface area contributed by atoms with Crippen molar-refractivity contribution in [2.45, 2.75) is 19.4 Å². The van der Waals surface area contributed by atoms with E-state index in [1.165, 1.54) is 0 Å². The van der Waals surface area contributed by atoms with Crippen molar-refractivity contribution in [3.63, 3.8) is 0 Å². The lowest BCUT2D eigenvalue weighted by Gasteiger charge is -2.18. The molecule has 0 aliphatic rings. The van der Waals surface area contributed by atoms with Gasteiger partial charge in [-0.25, -0.2) is 8.78 Å². The van der Waals surface area contributed by atoms with Gasteiger partial charge >= 0.3 is 0 Å². The molecule has 2 aromatic rings. The van der Waals surface area contributed by atoms with E-state index < -0.39 is 17.7 Å². The molecule has 1 atom stereocenters. The lowest BCUT2D eigenvalue weighted by atomic mass is 10.0. The molecule has 2 nitrogen and oxygen atoms in total. The van der Waals surface area contributed by atoms with Gasteiger partial charge in [0.05, 0.1) is 6.04 Å². The number of hydrogen-bond donors (Lipinski definition) is 1. The van der Waals surface area contributed by atoms with Gasteiger partial charge in [-0.1, -0.05) is 18.5 Å². The number of halogens is 4. The maximum Gasteiger partial charge on any atom is 0.193 e. The Labute approximate surface area is 125 Å². The molecule has 0 radical (unpaired) electrons. The maximum absolute atomic E-state index is 13.4. The molecular weight excluding hydrogens is 307 g/mol. The Hall–Kier alpha value is -1.10. The summed E-state index contributed by atoms with van der Waals surface area (Å²) in [6.07, 6.45) is 0.867. The van der Waals surface area contributed by atoms with Crippen LogP contribution in [0.5, 0.6) is 0 Å². The molecule has 0 aliphatic heterocycles. The summed E-state index contributed by atoms with van der Waals surface area (Å²) in [6, 6.07) is 4.81. The smallest absolute Gasteiger partial charge is 0.193 e. The normalized spacial score (nSPS) is 12.7. The minimum atomic E-state index is -0.981. The summed E-state index contributed by atoms with van der Waals surface area (Å²) in [5.41, 5.74) is 0.407. The standard InChI is InChI=1S/C14H13Cl2F2NO/c1-2-5-19-14(12-3-4-13(16)20-12)8-6-10(17)11(18)7-9(8)15/h3-4,6-7,14,19H,2,5H2,1H3. The average molecular weight is 320 g/mol. The first-order chi connectivity index (χ1) is 9.52. The molecule has 0 fully saturated rings. The van der Waals surface area contributed by atoms with Crippen LogP contribution in [-0.4, -0.2) is 6.54 Å². The second kappa shape index (κ2) is 6.57. The Morgan fingerprint density at radius 2 is 1.90 bits per heavy atom. The van der Waals surface area contributed by atoms with E-state index in [4.69, 9.17) is 27.6 Å². The molecule has 6 heteroatoms. The Morgan fingerprint density at radius 1 is 1.20 bits per heavy atom. The summed E-state index contributed by atoms with van der Waals surface area (Å²) >= 11 is 11.8. The molecule has 1 aromatic carbocycles. The molecule has 108 valence electrons. The van der Waals surface area contributed by atoms with Gasteiger partial charge in [0.15, 0.2) is 16.9 Å². The SMILES string of the molecule is CCCNC(c1ccc(Cl)o1)c1cc(F)c(F)cc1Cl. The van der Waals surface area contributed by atoms with Crippen LogP contribution in [0.3, 0.4) is 0 Å². The molecule has 0 aliphatic carbocycles. The fourth-order valence-electron chi connectivity index (χ4n) is 1.90. The fourth-order valence-corrected chi connectivity index (χ4v) is 2.31. The average Bonchev–Trinajstić information content (AvgIpc) is 2.82. The first-order valence-corrected chi connectivity index (χ1v) is 6.91. The predicted molar refractivity (Wildman–Crippen MR) is 75.2 cm³/mol. The molecule has 1 heterocycles. The van der Waals surface area contributed by atoms with Crippen molar-refractivity contribution in [1.82, 2.24) is 5.32 Å². The lowest BCUT2D eigenvalue weighted by Crippen LogP contribution is -2.23. The van der Waals surface area contributed by atoms with E-state index in [0.717, 1.165) is 18.6 Å². The van der Waals surface area contributed by atoms with Gasteiger partial charge in [0, 0.05) is 5.02 Å². The number of furan rings is 1. The highest BCUT2D eigenvalue weighted by Gasteiger charge is 2.22. The van der Waals surface area contributed by atoms with Crippen molar-refractivity contribution < 1.29 is 13.2 Å². The minimum absolute atomic E-state index is 0.130. The third-order valence-corrected chi connectivity index (χ3v) is 3.36. The molecule has 1 unspecified atom stereocenters. The van der Waals surface area contributed by atoms with Crippen LogP contribution in [0.4, 0.5) is 8.78 Å². The second-order valence-electron chi connectivity index (χ2n) is 4.32. The van der Waals surface area contributed by atoms with E-state index in [0.29, 0.717) is 17.9 Å². The van der Waals surface area contributed by atoms with Crippen LogP contribution in [0, 0.1) is 11.6 Å². The largest absolute Gasteiger partial charge is 0.448 e. The van der Waals surface area contributed by atoms with Gasteiger partial charge in [0.2, 0.25) is 0 Å². The molecular formula is C14H13Cl2F2NO. The molecule has 2 rings (SSSR count). The van der Waals surface area contributed by atoms with Gasteiger partial charge in [0.1, 0.15) is 5.76 Å². The zero-order valence-corrected chi connectivity index (χ0v) is 12.2. The van der Waals surface area contributed by atoms with Gasteiger partial charge < -0.3 is 9.73 Å². The molecule has 0 saturated carbocycles. The highest BCUT2D eigenvalue weighted by Crippen LogP contribution is 2.32. The highest BCUT2D eigenvalue weighted by atomic mass is 35.5. The molecule has 1 N–H and O–H groups in total. The van der Waals surface area contributed by atoms with Gasteiger partial charge in [-0.3, -0.25) is 0 Å². The molecule has 0 saturated heterocycles. The summed E-state index contributed by atoms with van der Waals surface area (Å²) in [5.74, 6) is -1.44. The van der Waals surface area contributed by atoms with E-state index >= 15 is 0 Å². The van der Waals surface area contributed by atoms with Crippen molar-refractivity contribution in [1.29, 1.82) is 0 Å². The monoisotopic (exact) mass is 319 g/mol. The van der Waals surface area contributed by atoms with Crippen LogP contribution < -0.4 is 5.32 Å². The third-order valence-electron chi connectivity index (χ3n) is 2.83. The summed E-state index contributed by atoms with van der Waals surface area (Å²) in [6.45, 7) is 2.66. The third kappa shape index (κ3) is 3.32. The first-order valence-electron chi connectivity index (χ1n) is 6.16. The highest BCUT2D eigenvalue weighted by molar-refractivity contribution is 6.31. The zero-order chi connectivity index (χ0) is 14.7. The Bertz CT molecular complexity index is 601. The van der Waals surface area contributed by atoms with Crippen molar-refractivity contribution in [3.05, 3.63) is 57.5 Å². The lowest BCUT2D eigenvalue weighted by molar-refractivity contribution is 0.444. The minimum Gasteiger partial charge on any atom is -0.448 e. The molecule has 0 spiro atoms. The van der Waals surface area contributed by atoms with E-state index in [-0.39, 0.29) is 10.2 Å². The molecule has 1 aromatic heterocycles. The van der Waals surface area contributed by atoms with Crippen LogP contribution in [-0.2, 0) is 0 Å². The first kappa shape index (κ1) is 15.3. The van der Waals surface area contributed by atoms with Gasteiger partial charge in [-0.15, -0.1) is 0 Å². The van der Waals surface area contributed by atoms with Crippen molar-refractivity contribution in [2.24, 2.45) is 0 Å². The number of benzene rings is 1. The predicted octanol–water partition coefficient (Wildman–Crippen LogP) is 4.95. The van der Waals surface area contributed by atoms with Crippen LogP contribution >= 0.6 is 23.2 Å². The summed E-state index contributed by atoms with van der Waals surface area (Å²) in [7, 11) is 0. The number of hydrogen-bond acceptors (Lipinski definition) is 2. The summed E-state index contributed by atoms with van der Waals surface area (Å²) < 4.78 is 32.0. The quantitative estimate of drug-likeness (QED) is 0.788. The Kier molecular flexibility index (Phi) is 5.02. The maximum atomic E-state index is 13.4. The Morgan fingerprint density at radius 3 is 2.50 bits per heavy atom. The summed E-state index contributed by atoms with van der Waals surface area (Å²) in [5, 5.41) is 3.53. The molecule has 20 heavy (non-hydrogen) atoms. The second-order valence-corrected chi connectivity index (χ2v) is 5.10. The van der Waals surface area contributed by atoms with E-state index in [1.807, 2.05) is 6.92 Å². The van der Waals surface area contributed by atoms with E-state index in [2.05, 4.69) is 5.32 Å². The molecule has 0 bridgehead atoms. The van der Waals surface area contributed by atoms with Crippen molar-refractivity contribution >= 4 is 23.2 Å². The van der Waals surface area contributed by atoms with Crippen LogP contribution in [0.1, 0.15) is 30.7 Å². The van der Waals surface area contributed by atoms with Gasteiger partial charge in [0.25, 0.3) is 0 Å². The molecule has 0 amide bonds. The zero-order valence-electron chi connectivity index (χ0n) is 10.7. The fraction of sp³-hybridized carbons (Fsp3) is 0.286.